The van der Waals surface area contributed by atoms with Crippen LogP contribution in [0.15, 0.2) is 35.0 Å². The summed E-state index contributed by atoms with van der Waals surface area (Å²) < 4.78 is 0. The van der Waals surface area contributed by atoms with Crippen molar-refractivity contribution >= 4 is 28.6 Å². The third kappa shape index (κ3) is 3.41. The summed E-state index contributed by atoms with van der Waals surface area (Å²) in [4.78, 5) is 16.3. The average molecular weight is 280 g/mol. The van der Waals surface area contributed by atoms with Gasteiger partial charge in [-0.2, -0.15) is 0 Å². The van der Waals surface area contributed by atoms with Crippen LogP contribution in [0.1, 0.15) is 16.7 Å². The summed E-state index contributed by atoms with van der Waals surface area (Å²) in [6, 6.07) is 7.63. The fourth-order valence-electron chi connectivity index (χ4n) is 1.68. The molecule has 0 aromatic carbocycles. The molecule has 0 spiro atoms. The summed E-state index contributed by atoms with van der Waals surface area (Å²) in [5.74, 6) is -0.00296. The van der Waals surface area contributed by atoms with Crippen LogP contribution >= 0.6 is 22.7 Å². The number of carbonyl (C=O) groups is 1. The molecule has 0 aliphatic rings. The van der Waals surface area contributed by atoms with Gasteiger partial charge in [0.2, 0.25) is 5.91 Å². The first kappa shape index (κ1) is 13.3. The predicted molar refractivity (Wildman–Crippen MR) is 76.5 cm³/mol. The summed E-state index contributed by atoms with van der Waals surface area (Å²) in [6.07, 6.45) is 0. The molecule has 3 nitrogen and oxygen atoms in total. The van der Waals surface area contributed by atoms with E-state index in [0.717, 1.165) is 0 Å². The topological polar surface area (TPSA) is 46.3 Å². The molecule has 0 aliphatic carbocycles. The second-order valence-electron chi connectivity index (χ2n) is 4.14. The second-order valence-corrected chi connectivity index (χ2v) is 6.21. The zero-order chi connectivity index (χ0) is 13.0. The highest BCUT2D eigenvalue weighted by Gasteiger charge is 2.18. The number of rotatable bonds is 5. The van der Waals surface area contributed by atoms with Gasteiger partial charge in [0.15, 0.2) is 0 Å². The highest BCUT2D eigenvalue weighted by Crippen LogP contribution is 2.17. The van der Waals surface area contributed by atoms with Crippen LogP contribution in [0.5, 0.6) is 0 Å². The van der Waals surface area contributed by atoms with Gasteiger partial charge in [-0.05, 0) is 29.8 Å². The molecule has 18 heavy (non-hydrogen) atoms. The van der Waals surface area contributed by atoms with Crippen molar-refractivity contribution in [1.29, 1.82) is 0 Å². The Kier molecular flexibility index (Phi) is 4.52. The van der Waals surface area contributed by atoms with Crippen molar-refractivity contribution in [3.8, 4) is 0 Å². The van der Waals surface area contributed by atoms with Crippen molar-refractivity contribution in [3.05, 3.63) is 44.8 Å². The summed E-state index contributed by atoms with van der Waals surface area (Å²) in [5.41, 5.74) is 5.71. The van der Waals surface area contributed by atoms with Crippen LogP contribution in [-0.2, 0) is 17.9 Å². The van der Waals surface area contributed by atoms with Crippen molar-refractivity contribution in [1.82, 2.24) is 4.90 Å². The van der Waals surface area contributed by atoms with Gasteiger partial charge in [0, 0.05) is 9.75 Å². The molecular formula is C13H16N2OS2. The SMILES string of the molecule is C[C@@H](N)C(=O)N(Cc1cccs1)Cc1cccs1. The van der Waals surface area contributed by atoms with E-state index >= 15 is 0 Å². The molecule has 2 rings (SSSR count). The first-order chi connectivity index (χ1) is 8.66. The lowest BCUT2D eigenvalue weighted by Gasteiger charge is -2.23. The number of nitrogens with two attached hydrogens (primary N) is 1. The minimum absolute atomic E-state index is 0.00296. The van der Waals surface area contributed by atoms with E-state index < -0.39 is 6.04 Å². The fraction of sp³-hybridized carbons (Fsp3) is 0.308. The zero-order valence-corrected chi connectivity index (χ0v) is 11.8. The minimum atomic E-state index is -0.454. The first-order valence-corrected chi connectivity index (χ1v) is 7.52. The molecule has 2 heterocycles. The van der Waals surface area contributed by atoms with Gasteiger partial charge in [-0.15, -0.1) is 22.7 Å². The number of hydrogen-bond donors (Lipinski definition) is 1. The van der Waals surface area contributed by atoms with Gasteiger partial charge >= 0.3 is 0 Å². The minimum Gasteiger partial charge on any atom is -0.331 e. The van der Waals surface area contributed by atoms with E-state index in [1.165, 1.54) is 9.75 Å². The van der Waals surface area contributed by atoms with Crippen molar-refractivity contribution in [3.63, 3.8) is 0 Å². The van der Waals surface area contributed by atoms with Crippen LogP contribution in [-0.4, -0.2) is 16.8 Å². The lowest BCUT2D eigenvalue weighted by molar-refractivity contribution is -0.133. The van der Waals surface area contributed by atoms with Crippen LogP contribution in [0.25, 0.3) is 0 Å². The van der Waals surface area contributed by atoms with Crippen molar-refractivity contribution in [2.75, 3.05) is 0 Å². The molecule has 0 radical (unpaired) electrons. The fourth-order valence-corrected chi connectivity index (χ4v) is 3.12. The Labute approximate surface area is 115 Å². The molecule has 2 N–H and O–H groups in total. The summed E-state index contributed by atoms with van der Waals surface area (Å²) in [7, 11) is 0. The second kappa shape index (κ2) is 6.13. The maximum atomic E-state index is 12.1. The molecular weight excluding hydrogens is 264 g/mol. The van der Waals surface area contributed by atoms with Gasteiger partial charge in [-0.3, -0.25) is 4.79 Å². The van der Waals surface area contributed by atoms with Gasteiger partial charge in [-0.25, -0.2) is 0 Å². The van der Waals surface area contributed by atoms with E-state index in [2.05, 4.69) is 0 Å². The smallest absolute Gasteiger partial charge is 0.239 e. The van der Waals surface area contributed by atoms with Gasteiger partial charge in [-0.1, -0.05) is 12.1 Å². The number of amides is 1. The van der Waals surface area contributed by atoms with Crippen molar-refractivity contribution in [2.45, 2.75) is 26.1 Å². The highest BCUT2D eigenvalue weighted by atomic mass is 32.1. The Morgan fingerprint density at radius 3 is 2.06 bits per heavy atom. The molecule has 0 unspecified atom stereocenters. The lowest BCUT2D eigenvalue weighted by Crippen LogP contribution is -2.41. The Hall–Kier alpha value is -1.17. The zero-order valence-electron chi connectivity index (χ0n) is 10.2. The Morgan fingerprint density at radius 1 is 1.22 bits per heavy atom. The highest BCUT2D eigenvalue weighted by molar-refractivity contribution is 7.10. The van der Waals surface area contributed by atoms with Crippen molar-refractivity contribution in [2.24, 2.45) is 5.73 Å². The maximum absolute atomic E-state index is 12.1. The summed E-state index contributed by atoms with van der Waals surface area (Å²) >= 11 is 3.32. The van der Waals surface area contributed by atoms with Crippen LogP contribution in [0.2, 0.25) is 0 Å². The normalized spacial score (nSPS) is 12.3. The molecule has 0 aliphatic heterocycles. The van der Waals surface area contributed by atoms with Crippen LogP contribution in [0.4, 0.5) is 0 Å². The third-order valence-electron chi connectivity index (χ3n) is 2.55. The lowest BCUT2D eigenvalue weighted by atomic mass is 10.2. The van der Waals surface area contributed by atoms with E-state index in [1.54, 1.807) is 29.6 Å². The van der Waals surface area contributed by atoms with Crippen LogP contribution < -0.4 is 5.73 Å². The molecule has 0 bridgehead atoms. The van der Waals surface area contributed by atoms with Gasteiger partial charge < -0.3 is 10.6 Å². The number of hydrogen-bond acceptors (Lipinski definition) is 4. The Morgan fingerprint density at radius 2 is 1.72 bits per heavy atom. The maximum Gasteiger partial charge on any atom is 0.239 e. The van der Waals surface area contributed by atoms with Crippen LogP contribution in [0, 0.1) is 0 Å². The largest absolute Gasteiger partial charge is 0.331 e. The standard InChI is InChI=1S/C13H16N2OS2/c1-10(14)13(16)15(8-11-4-2-6-17-11)9-12-5-3-7-18-12/h2-7,10H,8-9,14H2,1H3/t10-/m1/s1. The van der Waals surface area contributed by atoms with E-state index in [0.29, 0.717) is 13.1 Å². The molecule has 0 saturated heterocycles. The molecule has 5 heteroatoms. The van der Waals surface area contributed by atoms with E-state index in [4.69, 9.17) is 5.73 Å². The van der Waals surface area contributed by atoms with Crippen molar-refractivity contribution < 1.29 is 4.79 Å². The molecule has 96 valence electrons. The van der Waals surface area contributed by atoms with Gasteiger partial charge in [0.1, 0.15) is 0 Å². The molecule has 0 fully saturated rings. The molecule has 2 aromatic rings. The molecule has 2 aromatic heterocycles. The quantitative estimate of drug-likeness (QED) is 0.915. The average Bonchev–Trinajstić information content (AvgIpc) is 2.99. The van der Waals surface area contributed by atoms with Crippen LogP contribution in [0.3, 0.4) is 0 Å². The van der Waals surface area contributed by atoms with Gasteiger partial charge in [0.25, 0.3) is 0 Å². The third-order valence-corrected chi connectivity index (χ3v) is 4.28. The Balaban J connectivity index is 2.09. The molecule has 1 atom stereocenters. The van der Waals surface area contributed by atoms with E-state index in [1.807, 2.05) is 39.9 Å². The van der Waals surface area contributed by atoms with E-state index in [9.17, 15) is 4.79 Å². The number of carbonyl (C=O) groups excluding carboxylic acids is 1. The summed E-state index contributed by atoms with van der Waals surface area (Å²) in [5, 5.41) is 4.05. The number of thiophene rings is 2. The van der Waals surface area contributed by atoms with E-state index in [-0.39, 0.29) is 5.91 Å². The predicted octanol–water partition coefficient (Wildman–Crippen LogP) is 2.69. The first-order valence-electron chi connectivity index (χ1n) is 5.76. The van der Waals surface area contributed by atoms with Gasteiger partial charge in [0.05, 0.1) is 19.1 Å². The summed E-state index contributed by atoms with van der Waals surface area (Å²) in [6.45, 7) is 3.00. The monoisotopic (exact) mass is 280 g/mol. The number of nitrogens with zero attached hydrogens (tertiary/aromatic N) is 1. The molecule has 0 saturated carbocycles. The molecule has 1 amide bonds. The Bertz CT molecular complexity index is 441.